The monoisotopic (exact) mass is 224 g/mol. The first kappa shape index (κ1) is 13.0. The minimum Gasteiger partial charge on any atom is -0.392 e. The van der Waals surface area contributed by atoms with E-state index in [2.05, 4.69) is 11.4 Å². The molecule has 4 heteroatoms. The third-order valence-electron chi connectivity index (χ3n) is 3.16. The molecule has 0 spiro atoms. The third-order valence-corrected chi connectivity index (χ3v) is 3.16. The summed E-state index contributed by atoms with van der Waals surface area (Å²) in [5.41, 5.74) is -0.856. The lowest BCUT2D eigenvalue weighted by Gasteiger charge is -2.23. The maximum atomic E-state index is 12.0. The molecular formula is C12H20N2O2. The molecule has 4 nitrogen and oxygen atoms in total. The van der Waals surface area contributed by atoms with Gasteiger partial charge in [0.1, 0.15) is 5.41 Å². The van der Waals surface area contributed by atoms with Gasteiger partial charge in [0.25, 0.3) is 0 Å². The van der Waals surface area contributed by atoms with Gasteiger partial charge in [-0.25, -0.2) is 0 Å². The van der Waals surface area contributed by atoms with Crippen LogP contribution in [0.15, 0.2) is 0 Å². The van der Waals surface area contributed by atoms with Crippen molar-refractivity contribution in [3.63, 3.8) is 0 Å². The summed E-state index contributed by atoms with van der Waals surface area (Å²) in [7, 11) is 0. The van der Waals surface area contributed by atoms with Crippen molar-refractivity contribution in [2.45, 2.75) is 51.6 Å². The molecule has 2 N–H and O–H groups in total. The van der Waals surface area contributed by atoms with E-state index in [1.54, 1.807) is 6.92 Å². The van der Waals surface area contributed by atoms with Crippen LogP contribution in [0.5, 0.6) is 0 Å². The molecule has 0 aromatic rings. The van der Waals surface area contributed by atoms with Gasteiger partial charge >= 0.3 is 0 Å². The fourth-order valence-corrected chi connectivity index (χ4v) is 2.13. The predicted molar refractivity (Wildman–Crippen MR) is 60.4 cm³/mol. The Kier molecular flexibility index (Phi) is 4.75. The van der Waals surface area contributed by atoms with Crippen LogP contribution in [0.25, 0.3) is 0 Å². The van der Waals surface area contributed by atoms with Crippen LogP contribution in [0, 0.1) is 16.7 Å². The minimum absolute atomic E-state index is 0.210. The first-order valence-corrected chi connectivity index (χ1v) is 5.98. The number of nitrogens with one attached hydrogen (secondary N) is 1. The standard InChI is InChI=1S/C12H20N2O2/c1-10(15)8-14-11(16)12(9-13)6-4-2-3-5-7-12/h10,15H,2-8H2,1H3,(H,14,16). The van der Waals surface area contributed by atoms with Crippen molar-refractivity contribution in [1.82, 2.24) is 5.32 Å². The topological polar surface area (TPSA) is 73.1 Å². The van der Waals surface area contributed by atoms with Gasteiger partial charge in [0, 0.05) is 6.54 Å². The molecule has 1 saturated carbocycles. The number of carbonyl (C=O) groups excluding carboxylic acids is 1. The number of hydrogen-bond donors (Lipinski definition) is 2. The second-order valence-corrected chi connectivity index (χ2v) is 4.67. The average Bonchev–Trinajstić information content (AvgIpc) is 2.51. The molecule has 90 valence electrons. The quantitative estimate of drug-likeness (QED) is 0.711. The molecule has 0 aliphatic heterocycles. The van der Waals surface area contributed by atoms with Crippen LogP contribution in [0.2, 0.25) is 0 Å². The van der Waals surface area contributed by atoms with Crippen LogP contribution in [-0.4, -0.2) is 23.7 Å². The molecule has 1 fully saturated rings. The Morgan fingerprint density at radius 2 is 2.00 bits per heavy atom. The zero-order chi connectivity index (χ0) is 12.0. The van der Waals surface area contributed by atoms with Crippen molar-refractivity contribution in [2.75, 3.05) is 6.54 Å². The number of rotatable bonds is 3. The van der Waals surface area contributed by atoms with Crippen molar-refractivity contribution in [3.05, 3.63) is 0 Å². The van der Waals surface area contributed by atoms with Crippen LogP contribution in [0.1, 0.15) is 45.4 Å². The molecule has 0 aromatic heterocycles. The van der Waals surface area contributed by atoms with Crippen molar-refractivity contribution in [2.24, 2.45) is 5.41 Å². The maximum absolute atomic E-state index is 12.0. The van der Waals surface area contributed by atoms with Crippen LogP contribution in [0.3, 0.4) is 0 Å². The van der Waals surface area contributed by atoms with Crippen molar-refractivity contribution in [1.29, 1.82) is 5.26 Å². The summed E-state index contributed by atoms with van der Waals surface area (Å²) in [5.74, 6) is -0.210. The summed E-state index contributed by atoms with van der Waals surface area (Å²) >= 11 is 0. The molecule has 1 unspecified atom stereocenters. The summed E-state index contributed by atoms with van der Waals surface area (Å²) in [5, 5.41) is 21.0. The van der Waals surface area contributed by atoms with Gasteiger partial charge in [0.05, 0.1) is 12.2 Å². The van der Waals surface area contributed by atoms with E-state index in [9.17, 15) is 10.1 Å². The highest BCUT2D eigenvalue weighted by Crippen LogP contribution is 2.34. The molecule has 1 rings (SSSR count). The molecule has 1 aliphatic carbocycles. The number of nitriles is 1. The lowest BCUT2D eigenvalue weighted by molar-refractivity contribution is -0.129. The number of aliphatic hydroxyl groups excluding tert-OH is 1. The molecule has 1 aliphatic rings. The zero-order valence-corrected chi connectivity index (χ0v) is 9.83. The van der Waals surface area contributed by atoms with E-state index in [-0.39, 0.29) is 12.5 Å². The van der Waals surface area contributed by atoms with E-state index in [1.807, 2.05) is 0 Å². The fraction of sp³-hybridized carbons (Fsp3) is 0.833. The van der Waals surface area contributed by atoms with Gasteiger partial charge in [-0.1, -0.05) is 25.7 Å². The van der Waals surface area contributed by atoms with Crippen molar-refractivity contribution < 1.29 is 9.90 Å². The molecule has 0 aromatic carbocycles. The number of aliphatic hydroxyl groups is 1. The fourth-order valence-electron chi connectivity index (χ4n) is 2.13. The number of nitrogens with zero attached hydrogens (tertiary/aromatic N) is 1. The van der Waals surface area contributed by atoms with Gasteiger partial charge in [-0.05, 0) is 19.8 Å². The van der Waals surface area contributed by atoms with E-state index >= 15 is 0 Å². The van der Waals surface area contributed by atoms with Gasteiger partial charge in [-0.3, -0.25) is 4.79 Å². The molecular weight excluding hydrogens is 204 g/mol. The lowest BCUT2D eigenvalue weighted by atomic mass is 9.81. The molecule has 0 heterocycles. The second kappa shape index (κ2) is 5.86. The summed E-state index contributed by atoms with van der Waals surface area (Å²) in [6, 6.07) is 2.19. The Labute approximate surface area is 96.6 Å². The highest BCUT2D eigenvalue weighted by molar-refractivity contribution is 5.85. The van der Waals surface area contributed by atoms with Gasteiger partial charge in [0.15, 0.2) is 0 Å². The van der Waals surface area contributed by atoms with Crippen LogP contribution < -0.4 is 5.32 Å². The molecule has 0 saturated heterocycles. The first-order valence-electron chi connectivity index (χ1n) is 5.98. The Balaban J connectivity index is 2.63. The summed E-state index contributed by atoms with van der Waals surface area (Å²) in [4.78, 5) is 12.0. The highest BCUT2D eigenvalue weighted by Gasteiger charge is 2.38. The predicted octanol–water partition coefficient (Wildman–Crippen LogP) is 1.35. The van der Waals surface area contributed by atoms with E-state index in [1.165, 1.54) is 0 Å². The maximum Gasteiger partial charge on any atom is 0.240 e. The first-order chi connectivity index (χ1) is 7.60. The molecule has 0 bridgehead atoms. The van der Waals surface area contributed by atoms with E-state index in [0.717, 1.165) is 25.7 Å². The lowest BCUT2D eigenvalue weighted by Crippen LogP contribution is -2.42. The third kappa shape index (κ3) is 3.21. The smallest absolute Gasteiger partial charge is 0.240 e. The number of hydrogen-bond acceptors (Lipinski definition) is 3. The summed E-state index contributed by atoms with van der Waals surface area (Å²) < 4.78 is 0. The number of carbonyl (C=O) groups is 1. The Morgan fingerprint density at radius 3 is 2.44 bits per heavy atom. The van der Waals surface area contributed by atoms with Crippen molar-refractivity contribution in [3.8, 4) is 6.07 Å². The van der Waals surface area contributed by atoms with Gasteiger partial charge < -0.3 is 10.4 Å². The Bertz CT molecular complexity index is 273. The van der Waals surface area contributed by atoms with Crippen LogP contribution in [0.4, 0.5) is 0 Å². The SMILES string of the molecule is CC(O)CNC(=O)C1(C#N)CCCCCC1. The van der Waals surface area contributed by atoms with Crippen LogP contribution >= 0.6 is 0 Å². The summed E-state index contributed by atoms with van der Waals surface area (Å²) in [6.07, 6.45) is 4.82. The van der Waals surface area contributed by atoms with Gasteiger partial charge in [-0.15, -0.1) is 0 Å². The second-order valence-electron chi connectivity index (χ2n) is 4.67. The molecule has 1 amide bonds. The molecule has 16 heavy (non-hydrogen) atoms. The van der Waals surface area contributed by atoms with E-state index in [0.29, 0.717) is 12.8 Å². The Hall–Kier alpha value is -1.08. The zero-order valence-electron chi connectivity index (χ0n) is 9.83. The molecule has 0 radical (unpaired) electrons. The van der Waals surface area contributed by atoms with Gasteiger partial charge in [-0.2, -0.15) is 5.26 Å². The van der Waals surface area contributed by atoms with E-state index < -0.39 is 11.5 Å². The van der Waals surface area contributed by atoms with Crippen molar-refractivity contribution >= 4 is 5.91 Å². The van der Waals surface area contributed by atoms with Gasteiger partial charge in [0.2, 0.25) is 5.91 Å². The largest absolute Gasteiger partial charge is 0.392 e. The Morgan fingerprint density at radius 1 is 1.44 bits per heavy atom. The minimum atomic E-state index is -0.856. The number of amides is 1. The van der Waals surface area contributed by atoms with E-state index in [4.69, 9.17) is 5.11 Å². The normalized spacial score (nSPS) is 21.6. The van der Waals surface area contributed by atoms with Crippen LogP contribution in [-0.2, 0) is 4.79 Å². The average molecular weight is 224 g/mol. The summed E-state index contributed by atoms with van der Waals surface area (Å²) in [6.45, 7) is 1.84. The highest BCUT2D eigenvalue weighted by atomic mass is 16.3. The molecule has 1 atom stereocenters.